The molecule has 172 valence electrons. The van der Waals surface area contributed by atoms with E-state index in [1.807, 2.05) is 0 Å². The molecule has 0 aliphatic heterocycles. The average molecular weight is 467 g/mol. The summed E-state index contributed by atoms with van der Waals surface area (Å²) in [6.07, 6.45) is -4.67. The van der Waals surface area contributed by atoms with Gasteiger partial charge in [-0.2, -0.15) is 23.0 Å². The lowest BCUT2D eigenvalue weighted by atomic mass is 10.1. The van der Waals surface area contributed by atoms with Crippen molar-refractivity contribution in [2.75, 3.05) is 11.9 Å². The number of nitrogens with one attached hydrogen (secondary N) is 1. The van der Waals surface area contributed by atoms with Crippen LogP contribution < -0.4 is 10.9 Å². The van der Waals surface area contributed by atoms with Crippen LogP contribution in [-0.2, 0) is 15.7 Å². The Bertz CT molecular complexity index is 1430. The van der Waals surface area contributed by atoms with Crippen LogP contribution >= 0.6 is 0 Å². The number of benzene rings is 3. The van der Waals surface area contributed by atoms with Crippen LogP contribution in [0.3, 0.4) is 0 Å². The van der Waals surface area contributed by atoms with Gasteiger partial charge in [-0.1, -0.05) is 48.5 Å². The Kier molecular flexibility index (Phi) is 6.13. The molecule has 0 aliphatic rings. The van der Waals surface area contributed by atoms with Crippen LogP contribution in [0.4, 0.5) is 18.9 Å². The van der Waals surface area contributed by atoms with E-state index in [4.69, 9.17) is 4.74 Å². The van der Waals surface area contributed by atoms with Crippen molar-refractivity contribution in [1.82, 2.24) is 9.78 Å². The van der Waals surface area contributed by atoms with Gasteiger partial charge in [-0.05, 0) is 30.3 Å². The number of amides is 1. The zero-order chi connectivity index (χ0) is 24.3. The van der Waals surface area contributed by atoms with Gasteiger partial charge in [-0.3, -0.25) is 9.59 Å². The predicted octanol–water partition coefficient (Wildman–Crippen LogP) is 4.20. The number of para-hydroxylation sites is 2. The molecule has 1 aromatic heterocycles. The van der Waals surface area contributed by atoms with Crippen LogP contribution in [0.25, 0.3) is 16.5 Å². The fraction of sp³-hybridized carbons (Fsp3) is 0.0833. The van der Waals surface area contributed by atoms with E-state index in [1.165, 1.54) is 24.3 Å². The van der Waals surface area contributed by atoms with Crippen LogP contribution in [0.1, 0.15) is 16.1 Å². The van der Waals surface area contributed by atoms with Gasteiger partial charge >= 0.3 is 12.1 Å². The van der Waals surface area contributed by atoms with Crippen molar-refractivity contribution in [2.45, 2.75) is 6.18 Å². The molecule has 0 saturated heterocycles. The van der Waals surface area contributed by atoms with E-state index in [0.717, 1.165) is 16.8 Å². The molecule has 4 aromatic rings. The molecule has 0 saturated carbocycles. The van der Waals surface area contributed by atoms with E-state index in [-0.39, 0.29) is 16.5 Å². The third-order valence-electron chi connectivity index (χ3n) is 4.84. The molecule has 0 radical (unpaired) electrons. The smallest absolute Gasteiger partial charge is 0.418 e. The van der Waals surface area contributed by atoms with Gasteiger partial charge < -0.3 is 10.1 Å². The predicted molar refractivity (Wildman–Crippen MR) is 118 cm³/mol. The Morgan fingerprint density at radius 1 is 0.882 bits per heavy atom. The number of aromatic nitrogens is 2. The second-order valence-corrected chi connectivity index (χ2v) is 7.11. The minimum atomic E-state index is -4.67. The van der Waals surface area contributed by atoms with Gasteiger partial charge in [0.2, 0.25) is 0 Å². The van der Waals surface area contributed by atoms with Crippen molar-refractivity contribution in [2.24, 2.45) is 0 Å². The fourth-order valence-corrected chi connectivity index (χ4v) is 3.31. The standard InChI is InChI=1S/C24H16F3N3O4/c25-24(26,27)18-12-6-7-13-19(18)28-20(31)14-34-23(33)21-16-10-4-5-11-17(16)22(32)30(29-21)15-8-2-1-3-9-15/h1-13H,14H2,(H,28,31). The van der Waals surface area contributed by atoms with Crippen LogP contribution in [0, 0.1) is 0 Å². The molecule has 1 amide bonds. The molecule has 0 spiro atoms. The van der Waals surface area contributed by atoms with Crippen molar-refractivity contribution < 1.29 is 27.5 Å². The minimum absolute atomic E-state index is 0.205. The summed E-state index contributed by atoms with van der Waals surface area (Å²) in [6, 6.07) is 19.1. The highest BCUT2D eigenvalue weighted by Crippen LogP contribution is 2.34. The van der Waals surface area contributed by atoms with Gasteiger partial charge in [-0.15, -0.1) is 0 Å². The normalized spacial score (nSPS) is 11.3. The highest BCUT2D eigenvalue weighted by Gasteiger charge is 2.33. The second kappa shape index (κ2) is 9.18. The van der Waals surface area contributed by atoms with Crippen molar-refractivity contribution >= 4 is 28.3 Å². The monoisotopic (exact) mass is 467 g/mol. The first-order valence-corrected chi connectivity index (χ1v) is 9.96. The van der Waals surface area contributed by atoms with Crippen molar-refractivity contribution in [3.63, 3.8) is 0 Å². The number of fused-ring (bicyclic) bond motifs is 1. The Morgan fingerprint density at radius 3 is 2.21 bits per heavy atom. The molecule has 3 aromatic carbocycles. The molecule has 0 atom stereocenters. The van der Waals surface area contributed by atoms with Crippen LogP contribution in [0.5, 0.6) is 0 Å². The number of ether oxygens (including phenoxy) is 1. The molecular formula is C24H16F3N3O4. The van der Waals surface area contributed by atoms with Crippen LogP contribution in [-0.4, -0.2) is 28.3 Å². The maximum atomic E-state index is 13.1. The largest absolute Gasteiger partial charge is 0.451 e. The number of halogens is 3. The molecule has 7 nitrogen and oxygen atoms in total. The van der Waals surface area contributed by atoms with E-state index >= 15 is 0 Å². The van der Waals surface area contributed by atoms with E-state index in [1.54, 1.807) is 42.5 Å². The molecule has 0 fully saturated rings. The summed E-state index contributed by atoms with van der Waals surface area (Å²) in [5.74, 6) is -1.98. The number of rotatable bonds is 5. The maximum absolute atomic E-state index is 13.1. The van der Waals surface area contributed by atoms with Gasteiger partial charge in [0.25, 0.3) is 11.5 Å². The molecule has 0 bridgehead atoms. The first-order chi connectivity index (χ1) is 16.3. The van der Waals surface area contributed by atoms with Gasteiger partial charge in [0, 0.05) is 5.39 Å². The number of nitrogens with zero attached hydrogens (tertiary/aromatic N) is 2. The number of alkyl halides is 3. The maximum Gasteiger partial charge on any atom is 0.418 e. The quantitative estimate of drug-likeness (QED) is 0.445. The number of anilines is 1. The summed E-state index contributed by atoms with van der Waals surface area (Å²) < 4.78 is 45.4. The SMILES string of the molecule is O=C(COC(=O)c1nn(-c2ccccc2)c(=O)c2ccccc12)Nc1ccccc1C(F)(F)F. The van der Waals surface area contributed by atoms with Gasteiger partial charge in [0.15, 0.2) is 12.3 Å². The average Bonchev–Trinajstić information content (AvgIpc) is 2.83. The number of hydrogen-bond donors (Lipinski definition) is 1. The topological polar surface area (TPSA) is 90.3 Å². The Morgan fingerprint density at radius 2 is 1.50 bits per heavy atom. The number of hydrogen-bond acceptors (Lipinski definition) is 5. The molecular weight excluding hydrogens is 451 g/mol. The third kappa shape index (κ3) is 4.65. The first kappa shape index (κ1) is 22.7. The number of carbonyl (C=O) groups is 2. The molecule has 1 heterocycles. The highest BCUT2D eigenvalue weighted by atomic mass is 19.4. The third-order valence-corrected chi connectivity index (χ3v) is 4.84. The van der Waals surface area contributed by atoms with Gasteiger partial charge in [0.05, 0.1) is 22.3 Å². The summed E-state index contributed by atoms with van der Waals surface area (Å²) in [6.45, 7) is -0.856. The van der Waals surface area contributed by atoms with Crippen molar-refractivity contribution in [3.05, 3.63) is 100 Å². The van der Waals surface area contributed by atoms with E-state index < -0.39 is 41.5 Å². The summed E-state index contributed by atoms with van der Waals surface area (Å²) >= 11 is 0. The van der Waals surface area contributed by atoms with E-state index in [2.05, 4.69) is 10.4 Å². The number of carbonyl (C=O) groups excluding carboxylic acids is 2. The zero-order valence-corrected chi connectivity index (χ0v) is 17.4. The van der Waals surface area contributed by atoms with Crippen LogP contribution in [0.15, 0.2) is 83.7 Å². The summed E-state index contributed by atoms with van der Waals surface area (Å²) in [7, 11) is 0. The lowest BCUT2D eigenvalue weighted by Gasteiger charge is -2.14. The summed E-state index contributed by atoms with van der Waals surface area (Å²) in [4.78, 5) is 37.9. The molecule has 34 heavy (non-hydrogen) atoms. The highest BCUT2D eigenvalue weighted by molar-refractivity contribution is 6.03. The fourth-order valence-electron chi connectivity index (χ4n) is 3.31. The van der Waals surface area contributed by atoms with E-state index in [9.17, 15) is 27.6 Å². The Balaban J connectivity index is 1.59. The molecule has 0 unspecified atom stereocenters. The minimum Gasteiger partial charge on any atom is -0.451 e. The first-order valence-electron chi connectivity index (χ1n) is 9.96. The zero-order valence-electron chi connectivity index (χ0n) is 17.4. The van der Waals surface area contributed by atoms with Crippen molar-refractivity contribution in [3.8, 4) is 5.69 Å². The second-order valence-electron chi connectivity index (χ2n) is 7.11. The Labute approximate surface area is 190 Å². The lowest BCUT2D eigenvalue weighted by molar-refractivity contribution is -0.137. The van der Waals surface area contributed by atoms with Gasteiger partial charge in [-0.25, -0.2) is 4.79 Å². The van der Waals surface area contributed by atoms with Crippen molar-refractivity contribution in [1.29, 1.82) is 0 Å². The Hall–Kier alpha value is -4.47. The molecule has 4 rings (SSSR count). The lowest BCUT2D eigenvalue weighted by Crippen LogP contribution is -2.27. The summed E-state index contributed by atoms with van der Waals surface area (Å²) in [5.41, 5.74) is -1.76. The van der Waals surface area contributed by atoms with Crippen LogP contribution in [0.2, 0.25) is 0 Å². The van der Waals surface area contributed by atoms with E-state index in [0.29, 0.717) is 5.69 Å². The molecule has 1 N–H and O–H groups in total. The molecule has 0 aliphatic carbocycles. The van der Waals surface area contributed by atoms with Gasteiger partial charge in [0.1, 0.15) is 0 Å². The molecule has 10 heteroatoms. The summed E-state index contributed by atoms with van der Waals surface area (Å²) in [5, 5.41) is 6.64. The number of esters is 1.